The first kappa shape index (κ1) is 18.3. The number of aromatic amines is 1. The summed E-state index contributed by atoms with van der Waals surface area (Å²) in [6, 6.07) is 13.9. The minimum absolute atomic E-state index is 0.0330. The predicted octanol–water partition coefficient (Wildman–Crippen LogP) is 3.71. The van der Waals surface area contributed by atoms with Crippen LogP contribution < -0.4 is 9.47 Å². The van der Waals surface area contributed by atoms with Gasteiger partial charge >= 0.3 is 5.97 Å². The average Bonchev–Trinajstić information content (AvgIpc) is 3.18. The van der Waals surface area contributed by atoms with Gasteiger partial charge in [0.25, 0.3) is 0 Å². The molecule has 8 heteroatoms. The van der Waals surface area contributed by atoms with E-state index in [2.05, 4.69) is 15.0 Å². The third-order valence-corrected chi connectivity index (χ3v) is 4.51. The highest BCUT2D eigenvalue weighted by atomic mass is 16.5. The Morgan fingerprint density at radius 3 is 2.21 bits per heavy atom. The van der Waals surface area contributed by atoms with Crippen molar-refractivity contribution in [1.29, 1.82) is 0 Å². The van der Waals surface area contributed by atoms with Crippen molar-refractivity contribution < 1.29 is 24.5 Å². The molecule has 0 radical (unpaired) electrons. The first-order valence-electron chi connectivity index (χ1n) is 8.66. The number of ether oxygens (including phenoxy) is 2. The number of pyridine rings is 1. The first-order valence-corrected chi connectivity index (χ1v) is 8.66. The summed E-state index contributed by atoms with van der Waals surface area (Å²) in [5.74, 6) is -0.368. The summed E-state index contributed by atoms with van der Waals surface area (Å²) in [6.45, 7) is 0. The Labute approximate surface area is 165 Å². The number of aromatic nitrogens is 3. The van der Waals surface area contributed by atoms with Crippen LogP contribution in [0.5, 0.6) is 17.2 Å². The number of carboxylic acid groups (broad SMARTS) is 1. The molecule has 0 aliphatic rings. The van der Waals surface area contributed by atoms with E-state index in [0.29, 0.717) is 22.6 Å². The van der Waals surface area contributed by atoms with Crippen molar-refractivity contribution >= 4 is 17.1 Å². The molecule has 0 saturated heterocycles. The van der Waals surface area contributed by atoms with Gasteiger partial charge in [-0.05, 0) is 18.2 Å². The fourth-order valence-electron chi connectivity index (χ4n) is 3.08. The van der Waals surface area contributed by atoms with E-state index in [1.165, 1.54) is 20.3 Å². The van der Waals surface area contributed by atoms with Crippen LogP contribution in [0, 0.1) is 0 Å². The molecule has 4 aromatic rings. The van der Waals surface area contributed by atoms with Gasteiger partial charge in [0.15, 0.2) is 17.1 Å². The third-order valence-electron chi connectivity index (χ3n) is 4.51. The predicted molar refractivity (Wildman–Crippen MR) is 106 cm³/mol. The molecule has 0 atom stereocenters. The van der Waals surface area contributed by atoms with E-state index >= 15 is 0 Å². The lowest BCUT2D eigenvalue weighted by Crippen LogP contribution is -2.00. The Hall–Kier alpha value is -4.07. The summed E-state index contributed by atoms with van der Waals surface area (Å²) in [7, 11) is 2.83. The van der Waals surface area contributed by atoms with Gasteiger partial charge in [0.2, 0.25) is 5.75 Å². The molecule has 0 bridgehead atoms. The number of phenols is 1. The van der Waals surface area contributed by atoms with Crippen molar-refractivity contribution in [2.75, 3.05) is 14.2 Å². The molecule has 0 spiro atoms. The van der Waals surface area contributed by atoms with Crippen LogP contribution in [0.4, 0.5) is 0 Å². The van der Waals surface area contributed by atoms with Crippen LogP contribution in [0.15, 0.2) is 48.5 Å². The number of hydrogen-bond acceptors (Lipinski definition) is 6. The molecule has 146 valence electrons. The van der Waals surface area contributed by atoms with Crippen LogP contribution in [-0.2, 0) is 0 Å². The number of carbonyl (C=O) groups is 1. The zero-order chi connectivity index (χ0) is 20.5. The molecule has 0 amide bonds. The number of carboxylic acids is 1. The Bertz CT molecular complexity index is 1190. The molecule has 0 aliphatic heterocycles. The number of benzene rings is 2. The second kappa shape index (κ2) is 7.16. The molecule has 29 heavy (non-hydrogen) atoms. The highest BCUT2D eigenvalue weighted by molar-refractivity contribution is 6.02. The zero-order valence-corrected chi connectivity index (χ0v) is 15.6. The fraction of sp³-hybridized carbons (Fsp3) is 0.0952. The zero-order valence-electron chi connectivity index (χ0n) is 15.6. The molecule has 3 N–H and O–H groups in total. The number of methoxy groups -OCH3 is 2. The lowest BCUT2D eigenvalue weighted by molar-refractivity contribution is 0.0699. The number of H-pyrrole nitrogens is 1. The summed E-state index contributed by atoms with van der Waals surface area (Å²) in [6.07, 6.45) is 0. The molecular weight excluding hydrogens is 374 g/mol. The second-order valence-corrected chi connectivity index (χ2v) is 6.24. The van der Waals surface area contributed by atoms with Crippen LogP contribution in [0.2, 0.25) is 0 Å². The summed E-state index contributed by atoms with van der Waals surface area (Å²) >= 11 is 0. The van der Waals surface area contributed by atoms with Crippen LogP contribution >= 0.6 is 0 Å². The Morgan fingerprint density at radius 2 is 1.62 bits per heavy atom. The summed E-state index contributed by atoms with van der Waals surface area (Å²) < 4.78 is 10.4. The van der Waals surface area contributed by atoms with Gasteiger partial charge in [-0.15, -0.1) is 0 Å². The van der Waals surface area contributed by atoms with Crippen molar-refractivity contribution in [3.8, 4) is 39.9 Å². The molecule has 0 aliphatic carbocycles. The van der Waals surface area contributed by atoms with E-state index in [4.69, 9.17) is 9.47 Å². The summed E-state index contributed by atoms with van der Waals surface area (Å²) in [4.78, 5) is 23.9. The summed E-state index contributed by atoms with van der Waals surface area (Å²) in [5, 5.41) is 19.8. The van der Waals surface area contributed by atoms with Crippen molar-refractivity contribution in [1.82, 2.24) is 15.0 Å². The van der Waals surface area contributed by atoms with Crippen LogP contribution in [0.25, 0.3) is 33.8 Å². The van der Waals surface area contributed by atoms with Crippen molar-refractivity contribution in [3.63, 3.8) is 0 Å². The Balaban J connectivity index is 1.94. The topological polar surface area (TPSA) is 118 Å². The molecule has 2 aromatic carbocycles. The summed E-state index contributed by atoms with van der Waals surface area (Å²) in [5.41, 5.74) is 2.33. The minimum Gasteiger partial charge on any atom is -0.502 e. The molecule has 8 nitrogen and oxygen atoms in total. The molecule has 0 fully saturated rings. The molecule has 0 saturated carbocycles. The van der Waals surface area contributed by atoms with Gasteiger partial charge in [0, 0.05) is 11.1 Å². The fourth-order valence-corrected chi connectivity index (χ4v) is 3.08. The largest absolute Gasteiger partial charge is 0.502 e. The quantitative estimate of drug-likeness (QED) is 0.475. The Kier molecular flexibility index (Phi) is 4.52. The number of aromatic hydroxyl groups is 1. The smallest absolute Gasteiger partial charge is 0.338 e. The number of hydrogen-bond donors (Lipinski definition) is 3. The molecule has 2 heterocycles. The number of rotatable bonds is 5. The molecule has 2 aromatic heterocycles. The maximum Gasteiger partial charge on any atom is 0.338 e. The average molecular weight is 391 g/mol. The minimum atomic E-state index is -1.11. The number of phenolic OH excluding ortho intramolecular Hbond substituents is 1. The van der Waals surface area contributed by atoms with Gasteiger partial charge in [-0.3, -0.25) is 0 Å². The Morgan fingerprint density at radius 1 is 0.966 bits per heavy atom. The number of imidazole rings is 1. The number of nitrogens with zero attached hydrogens (tertiary/aromatic N) is 2. The van der Waals surface area contributed by atoms with E-state index in [1.807, 2.05) is 30.3 Å². The molecule has 4 rings (SSSR count). The van der Waals surface area contributed by atoms with Crippen molar-refractivity contribution in [2.24, 2.45) is 0 Å². The van der Waals surface area contributed by atoms with Gasteiger partial charge in [-0.1, -0.05) is 30.3 Å². The lowest BCUT2D eigenvalue weighted by Gasteiger charge is -2.11. The van der Waals surface area contributed by atoms with Gasteiger partial charge in [0.1, 0.15) is 5.82 Å². The molecular formula is C21H17N3O5. The third kappa shape index (κ3) is 3.20. The monoisotopic (exact) mass is 391 g/mol. The first-order chi connectivity index (χ1) is 14.0. The number of fused-ring (bicyclic) bond motifs is 1. The highest BCUT2D eigenvalue weighted by Gasteiger charge is 2.19. The van der Waals surface area contributed by atoms with Crippen molar-refractivity contribution in [2.45, 2.75) is 0 Å². The lowest BCUT2D eigenvalue weighted by atomic mass is 10.1. The van der Waals surface area contributed by atoms with Gasteiger partial charge in [0.05, 0.1) is 31.0 Å². The standard InChI is InChI=1S/C21H17N3O5/c1-28-15-8-12(9-16(29-2)18(15)25)14-10-13(21(26)27)17-20(22-14)24-19(23-17)11-6-4-3-5-7-11/h3-10,25H,1-2H3,(H,26,27)(H,22,23,24). The van der Waals surface area contributed by atoms with E-state index in [1.54, 1.807) is 12.1 Å². The van der Waals surface area contributed by atoms with E-state index < -0.39 is 5.97 Å². The second-order valence-electron chi connectivity index (χ2n) is 6.24. The van der Waals surface area contributed by atoms with E-state index in [9.17, 15) is 15.0 Å². The normalized spacial score (nSPS) is 10.8. The van der Waals surface area contributed by atoms with Crippen LogP contribution in [0.3, 0.4) is 0 Å². The van der Waals surface area contributed by atoms with Gasteiger partial charge in [-0.2, -0.15) is 0 Å². The van der Waals surface area contributed by atoms with Crippen LogP contribution in [-0.4, -0.2) is 45.4 Å². The van der Waals surface area contributed by atoms with Crippen LogP contribution in [0.1, 0.15) is 10.4 Å². The maximum absolute atomic E-state index is 11.9. The molecule has 0 unspecified atom stereocenters. The maximum atomic E-state index is 11.9. The van der Waals surface area contributed by atoms with Gasteiger partial charge < -0.3 is 24.7 Å². The number of nitrogens with one attached hydrogen (secondary N) is 1. The highest BCUT2D eigenvalue weighted by Crippen LogP contribution is 2.40. The number of aromatic carboxylic acids is 1. The van der Waals surface area contributed by atoms with E-state index in [0.717, 1.165) is 5.56 Å². The van der Waals surface area contributed by atoms with Gasteiger partial charge in [-0.25, -0.2) is 14.8 Å². The van der Waals surface area contributed by atoms with Crippen molar-refractivity contribution in [3.05, 3.63) is 54.1 Å². The van der Waals surface area contributed by atoms with E-state index in [-0.39, 0.29) is 28.5 Å². The SMILES string of the molecule is COc1cc(-c2cc(C(=O)O)c3[nH]c(-c4ccccc4)nc3n2)cc(OC)c1O.